The lowest BCUT2D eigenvalue weighted by Gasteiger charge is -2.01. The van der Waals surface area contributed by atoms with Crippen molar-refractivity contribution in [3.05, 3.63) is 30.6 Å². The third kappa shape index (κ3) is 10.7. The normalized spacial score (nSPS) is 10.2. The Morgan fingerprint density at radius 1 is 0.632 bits per heavy atom. The predicted molar refractivity (Wildman–Crippen MR) is 82.1 cm³/mol. The zero-order valence-corrected chi connectivity index (χ0v) is 12.6. The molecule has 0 spiro atoms. The van der Waals surface area contributed by atoms with Gasteiger partial charge in [0.05, 0.1) is 0 Å². The maximum Gasteiger partial charge on any atom is 0.168 e. The van der Waals surface area contributed by atoms with Crippen LogP contribution in [-0.4, -0.2) is 5.48 Å². The fourth-order valence-electron chi connectivity index (χ4n) is 2.37. The van der Waals surface area contributed by atoms with Crippen molar-refractivity contribution in [1.82, 2.24) is 0 Å². The first kappa shape index (κ1) is 18.1. The van der Waals surface area contributed by atoms with Gasteiger partial charge in [-0.05, 0) is 6.42 Å². The van der Waals surface area contributed by atoms with Gasteiger partial charge in [-0.25, -0.2) is 4.57 Å². The molecule has 0 aromatic carbocycles. The van der Waals surface area contributed by atoms with Gasteiger partial charge < -0.3 is 5.48 Å². The largest absolute Gasteiger partial charge is 0.412 e. The molecular formula is C17H32NO+. The topological polar surface area (TPSA) is 35.4 Å². The summed E-state index contributed by atoms with van der Waals surface area (Å²) in [6.07, 6.45) is 18.5. The highest BCUT2D eigenvalue weighted by atomic mass is 16.0. The molecule has 1 rings (SSSR count). The summed E-state index contributed by atoms with van der Waals surface area (Å²) in [5.74, 6) is 0. The molecule has 0 fully saturated rings. The number of hydrogen-bond acceptors (Lipinski definition) is 0. The maximum absolute atomic E-state index is 2.28. The van der Waals surface area contributed by atoms with Gasteiger partial charge in [0.2, 0.25) is 0 Å². The van der Waals surface area contributed by atoms with Gasteiger partial charge in [0.1, 0.15) is 6.54 Å². The average molecular weight is 266 g/mol. The van der Waals surface area contributed by atoms with Gasteiger partial charge in [0, 0.05) is 18.6 Å². The number of pyridine rings is 1. The zero-order chi connectivity index (χ0) is 12.9. The van der Waals surface area contributed by atoms with E-state index in [9.17, 15) is 0 Å². The number of unbranched alkanes of at least 4 members (excludes halogenated alkanes) is 9. The van der Waals surface area contributed by atoms with Gasteiger partial charge in [0.25, 0.3) is 0 Å². The Balaban J connectivity index is 0.00000324. The van der Waals surface area contributed by atoms with E-state index in [4.69, 9.17) is 0 Å². The fourth-order valence-corrected chi connectivity index (χ4v) is 2.37. The first-order valence-corrected chi connectivity index (χ1v) is 7.87. The van der Waals surface area contributed by atoms with Crippen LogP contribution < -0.4 is 4.57 Å². The van der Waals surface area contributed by atoms with Gasteiger partial charge in [-0.3, -0.25) is 0 Å². The van der Waals surface area contributed by atoms with E-state index in [1.807, 2.05) is 0 Å². The van der Waals surface area contributed by atoms with Crippen molar-refractivity contribution in [1.29, 1.82) is 0 Å². The number of hydrogen-bond donors (Lipinski definition) is 0. The molecule has 1 aromatic rings. The number of rotatable bonds is 11. The summed E-state index contributed by atoms with van der Waals surface area (Å²) in [5, 5.41) is 0. The lowest BCUT2D eigenvalue weighted by molar-refractivity contribution is -0.697. The van der Waals surface area contributed by atoms with Crippen LogP contribution in [0.3, 0.4) is 0 Å². The van der Waals surface area contributed by atoms with Crippen molar-refractivity contribution >= 4 is 0 Å². The van der Waals surface area contributed by atoms with Crippen LogP contribution in [0.5, 0.6) is 0 Å². The molecule has 0 unspecified atom stereocenters. The van der Waals surface area contributed by atoms with E-state index in [0.29, 0.717) is 0 Å². The highest BCUT2D eigenvalue weighted by molar-refractivity contribution is 4.83. The van der Waals surface area contributed by atoms with E-state index in [2.05, 4.69) is 42.1 Å². The molecule has 0 saturated heterocycles. The lowest BCUT2D eigenvalue weighted by Crippen LogP contribution is -2.32. The molecule has 110 valence electrons. The van der Waals surface area contributed by atoms with Crippen molar-refractivity contribution in [2.24, 2.45) is 0 Å². The lowest BCUT2D eigenvalue weighted by atomic mass is 10.1. The van der Waals surface area contributed by atoms with Crippen LogP contribution in [0.25, 0.3) is 0 Å². The smallest absolute Gasteiger partial charge is 0.168 e. The Morgan fingerprint density at radius 3 is 1.63 bits per heavy atom. The molecule has 1 aromatic heterocycles. The van der Waals surface area contributed by atoms with Crippen molar-refractivity contribution in [3.63, 3.8) is 0 Å². The summed E-state index contributed by atoms with van der Waals surface area (Å²) in [4.78, 5) is 0. The fraction of sp³-hybridized carbons (Fsp3) is 0.706. The summed E-state index contributed by atoms with van der Waals surface area (Å²) in [7, 11) is 0. The van der Waals surface area contributed by atoms with Crippen LogP contribution in [0.15, 0.2) is 30.6 Å². The van der Waals surface area contributed by atoms with Crippen molar-refractivity contribution < 1.29 is 10.0 Å². The van der Waals surface area contributed by atoms with Crippen molar-refractivity contribution in [2.45, 2.75) is 77.7 Å². The quantitative estimate of drug-likeness (QED) is 0.427. The van der Waals surface area contributed by atoms with E-state index < -0.39 is 0 Å². The standard InChI is InChI=1S/C17H30N.H2O/c1-2-3-4-5-6-7-8-9-10-12-15-18-16-13-11-14-17-18;/h11,13-14,16-17H,2-10,12,15H2,1H3;1H2/q+1;. The molecule has 0 bridgehead atoms. The second-order valence-corrected chi connectivity index (χ2v) is 5.30. The monoisotopic (exact) mass is 266 g/mol. The molecule has 1 heterocycles. The summed E-state index contributed by atoms with van der Waals surface area (Å²) in [5.41, 5.74) is 0. The Bertz CT molecular complexity index is 274. The van der Waals surface area contributed by atoms with Gasteiger partial charge in [-0.2, -0.15) is 0 Å². The molecule has 2 nitrogen and oxygen atoms in total. The van der Waals surface area contributed by atoms with E-state index in [0.717, 1.165) is 0 Å². The maximum atomic E-state index is 2.28. The molecule has 19 heavy (non-hydrogen) atoms. The van der Waals surface area contributed by atoms with Crippen LogP contribution in [0, 0.1) is 0 Å². The van der Waals surface area contributed by atoms with Crippen LogP contribution in [0.2, 0.25) is 0 Å². The molecule has 2 N–H and O–H groups in total. The van der Waals surface area contributed by atoms with Gasteiger partial charge in [0.15, 0.2) is 12.4 Å². The number of aromatic nitrogens is 1. The molecule has 0 atom stereocenters. The van der Waals surface area contributed by atoms with Crippen LogP contribution in [0.1, 0.15) is 71.1 Å². The average Bonchev–Trinajstić information content (AvgIpc) is 2.42. The Labute approximate surface area is 119 Å². The van der Waals surface area contributed by atoms with Crippen LogP contribution in [-0.2, 0) is 6.54 Å². The minimum Gasteiger partial charge on any atom is -0.412 e. The first-order valence-electron chi connectivity index (χ1n) is 7.87. The van der Waals surface area contributed by atoms with Crippen LogP contribution in [0.4, 0.5) is 0 Å². The Hall–Kier alpha value is -0.890. The summed E-state index contributed by atoms with van der Waals surface area (Å²) in [6.45, 7) is 3.46. The van der Waals surface area contributed by atoms with Crippen molar-refractivity contribution in [2.75, 3.05) is 0 Å². The van der Waals surface area contributed by atoms with Gasteiger partial charge in [-0.1, -0.05) is 64.4 Å². The Morgan fingerprint density at radius 2 is 1.11 bits per heavy atom. The predicted octanol–water partition coefficient (Wildman–Crippen LogP) is 4.07. The molecule has 2 heteroatoms. The zero-order valence-electron chi connectivity index (χ0n) is 12.6. The van der Waals surface area contributed by atoms with Gasteiger partial charge >= 0.3 is 0 Å². The minimum atomic E-state index is 0. The highest BCUT2D eigenvalue weighted by Crippen LogP contribution is 2.10. The molecule has 0 radical (unpaired) electrons. The van der Waals surface area contributed by atoms with E-state index >= 15 is 0 Å². The number of nitrogens with zero attached hydrogens (tertiary/aromatic N) is 1. The Kier molecular flexibility index (Phi) is 12.9. The third-order valence-electron chi connectivity index (χ3n) is 3.55. The third-order valence-corrected chi connectivity index (χ3v) is 3.55. The minimum absolute atomic E-state index is 0. The molecule has 0 aliphatic carbocycles. The highest BCUT2D eigenvalue weighted by Gasteiger charge is 1.97. The van der Waals surface area contributed by atoms with Crippen molar-refractivity contribution in [3.8, 4) is 0 Å². The number of aryl methyl sites for hydroxylation is 1. The SMILES string of the molecule is CCCCCCCCCCCC[n+]1ccccc1.O. The molecule has 0 amide bonds. The summed E-state index contributed by atoms with van der Waals surface area (Å²) in [6, 6.07) is 6.29. The first-order chi connectivity index (χ1) is 8.93. The molecule has 0 aliphatic rings. The van der Waals surface area contributed by atoms with E-state index in [1.165, 1.54) is 70.8 Å². The molecule has 0 aliphatic heterocycles. The second-order valence-electron chi connectivity index (χ2n) is 5.30. The molecular weight excluding hydrogens is 234 g/mol. The summed E-state index contributed by atoms with van der Waals surface area (Å²) >= 11 is 0. The van der Waals surface area contributed by atoms with E-state index in [-0.39, 0.29) is 5.48 Å². The van der Waals surface area contributed by atoms with Crippen LogP contribution >= 0.6 is 0 Å². The van der Waals surface area contributed by atoms with E-state index in [1.54, 1.807) is 0 Å². The summed E-state index contributed by atoms with van der Waals surface area (Å²) < 4.78 is 2.28. The second kappa shape index (κ2) is 13.5. The molecule has 0 saturated carbocycles. The van der Waals surface area contributed by atoms with Gasteiger partial charge in [-0.15, -0.1) is 0 Å².